The number of carboxylic acid groups (broad SMARTS) is 1. The van der Waals surface area contributed by atoms with Gasteiger partial charge >= 0.3 is 5.97 Å². The van der Waals surface area contributed by atoms with Gasteiger partial charge in [-0.3, -0.25) is 5.10 Å². The van der Waals surface area contributed by atoms with Crippen molar-refractivity contribution in [3.63, 3.8) is 0 Å². The summed E-state index contributed by atoms with van der Waals surface area (Å²) in [6, 6.07) is 5.90. The van der Waals surface area contributed by atoms with Crippen molar-refractivity contribution in [2.45, 2.75) is 39.7 Å². The Labute approximate surface area is 137 Å². The van der Waals surface area contributed by atoms with Gasteiger partial charge in [0.25, 0.3) is 0 Å². The van der Waals surface area contributed by atoms with Gasteiger partial charge in [0.05, 0.1) is 4.47 Å². The number of halogens is 1. The molecule has 0 spiro atoms. The highest BCUT2D eigenvalue weighted by atomic mass is 79.9. The summed E-state index contributed by atoms with van der Waals surface area (Å²) < 4.78 is 6.54. The Kier molecular flexibility index (Phi) is 4.60. The lowest BCUT2D eigenvalue weighted by atomic mass is 9.87. The van der Waals surface area contributed by atoms with Gasteiger partial charge in [0.2, 0.25) is 0 Å². The molecule has 0 fully saturated rings. The lowest BCUT2D eigenvalue weighted by Crippen LogP contribution is -2.11. The zero-order valence-electron chi connectivity index (χ0n) is 13.0. The second-order valence-electron chi connectivity index (χ2n) is 6.16. The number of nitrogens with zero attached hydrogens (tertiary/aromatic N) is 1. The van der Waals surface area contributed by atoms with Crippen LogP contribution in [0.25, 0.3) is 0 Å². The van der Waals surface area contributed by atoms with E-state index in [1.165, 1.54) is 5.56 Å². The van der Waals surface area contributed by atoms with Gasteiger partial charge in [0, 0.05) is 5.69 Å². The lowest BCUT2D eigenvalue weighted by Gasteiger charge is -2.20. The van der Waals surface area contributed by atoms with Gasteiger partial charge in [0.15, 0.2) is 0 Å². The average Bonchev–Trinajstić information content (AvgIpc) is 2.77. The highest BCUT2D eigenvalue weighted by molar-refractivity contribution is 9.10. The zero-order valence-corrected chi connectivity index (χ0v) is 14.6. The number of aryl methyl sites for hydroxylation is 1. The molecule has 0 saturated heterocycles. The minimum absolute atomic E-state index is 0.0524. The van der Waals surface area contributed by atoms with Crippen LogP contribution in [-0.2, 0) is 12.0 Å². The van der Waals surface area contributed by atoms with Crippen LogP contribution >= 0.6 is 15.9 Å². The van der Waals surface area contributed by atoms with Gasteiger partial charge in [-0.05, 0) is 46.0 Å². The van der Waals surface area contributed by atoms with Crippen LogP contribution in [0.5, 0.6) is 5.75 Å². The molecule has 1 heterocycles. The molecule has 1 aromatic heterocycles. The summed E-state index contributed by atoms with van der Waals surface area (Å²) in [4.78, 5) is 11.2. The zero-order chi connectivity index (χ0) is 16.5. The first-order valence-corrected chi connectivity index (χ1v) is 7.69. The molecule has 0 unspecified atom stereocenters. The van der Waals surface area contributed by atoms with E-state index in [9.17, 15) is 9.90 Å². The van der Waals surface area contributed by atoms with Crippen LogP contribution < -0.4 is 4.74 Å². The van der Waals surface area contributed by atoms with Crippen molar-refractivity contribution in [1.82, 2.24) is 10.2 Å². The number of H-pyrrole nitrogens is 1. The highest BCUT2D eigenvalue weighted by Gasteiger charge is 2.19. The SMILES string of the molecule is Cc1[nH]nc(COc2ccc(C(C)(C)C)cc2Br)c1C(=O)O. The predicted octanol–water partition coefficient (Wildman–Crippen LogP) is 4.06. The molecular formula is C16H19BrN2O3. The van der Waals surface area contributed by atoms with Gasteiger partial charge in [-0.2, -0.15) is 5.10 Å². The molecule has 22 heavy (non-hydrogen) atoms. The maximum atomic E-state index is 11.2. The van der Waals surface area contributed by atoms with Crippen LogP contribution in [0, 0.1) is 6.92 Å². The topological polar surface area (TPSA) is 75.2 Å². The third-order valence-electron chi connectivity index (χ3n) is 3.40. The summed E-state index contributed by atoms with van der Waals surface area (Å²) in [5.41, 5.74) is 2.32. The number of hydrogen-bond donors (Lipinski definition) is 2. The molecule has 0 aliphatic rings. The third-order valence-corrected chi connectivity index (χ3v) is 4.02. The molecule has 0 bridgehead atoms. The Morgan fingerprint density at radius 1 is 1.41 bits per heavy atom. The molecule has 118 valence electrons. The second-order valence-corrected chi connectivity index (χ2v) is 7.01. The van der Waals surface area contributed by atoms with E-state index >= 15 is 0 Å². The van der Waals surface area contributed by atoms with Gasteiger partial charge in [-0.1, -0.05) is 26.8 Å². The number of hydrogen-bond acceptors (Lipinski definition) is 3. The van der Waals surface area contributed by atoms with Crippen LogP contribution in [-0.4, -0.2) is 21.3 Å². The summed E-state index contributed by atoms with van der Waals surface area (Å²) in [7, 11) is 0. The van der Waals surface area contributed by atoms with Gasteiger partial charge < -0.3 is 9.84 Å². The van der Waals surface area contributed by atoms with Crippen molar-refractivity contribution < 1.29 is 14.6 Å². The molecule has 6 heteroatoms. The monoisotopic (exact) mass is 366 g/mol. The first-order valence-electron chi connectivity index (χ1n) is 6.90. The number of aromatic nitrogens is 2. The van der Waals surface area contributed by atoms with E-state index in [4.69, 9.17) is 4.74 Å². The second kappa shape index (κ2) is 6.12. The largest absolute Gasteiger partial charge is 0.486 e. The number of aromatic amines is 1. The Hall–Kier alpha value is -1.82. The summed E-state index contributed by atoms with van der Waals surface area (Å²) in [5.74, 6) is -0.350. The molecule has 0 aliphatic carbocycles. The van der Waals surface area contributed by atoms with E-state index in [0.717, 1.165) is 4.47 Å². The van der Waals surface area contributed by atoms with Crippen molar-refractivity contribution >= 4 is 21.9 Å². The molecule has 2 rings (SSSR count). The first-order chi connectivity index (χ1) is 10.2. The highest BCUT2D eigenvalue weighted by Crippen LogP contribution is 2.32. The van der Waals surface area contributed by atoms with Crippen LogP contribution in [0.3, 0.4) is 0 Å². The minimum Gasteiger partial charge on any atom is -0.486 e. The quantitative estimate of drug-likeness (QED) is 0.855. The van der Waals surface area contributed by atoms with E-state index in [0.29, 0.717) is 17.1 Å². The van der Waals surface area contributed by atoms with Gasteiger partial charge in [-0.15, -0.1) is 0 Å². The maximum absolute atomic E-state index is 11.2. The summed E-state index contributed by atoms with van der Waals surface area (Å²) in [5, 5.41) is 15.9. The standard InChI is InChI=1S/C16H19BrN2O3/c1-9-14(15(20)21)12(19-18-9)8-22-13-6-5-10(7-11(13)17)16(2,3)4/h5-7H,8H2,1-4H3,(H,18,19)(H,20,21). The van der Waals surface area contributed by atoms with Crippen LogP contribution in [0.4, 0.5) is 0 Å². The molecule has 0 radical (unpaired) electrons. The molecule has 0 atom stereocenters. The van der Waals surface area contributed by atoms with Crippen molar-refractivity contribution in [1.29, 1.82) is 0 Å². The predicted molar refractivity (Wildman–Crippen MR) is 87.5 cm³/mol. The lowest BCUT2D eigenvalue weighted by molar-refractivity contribution is 0.0693. The number of ether oxygens (including phenoxy) is 1. The smallest absolute Gasteiger partial charge is 0.339 e. The van der Waals surface area contributed by atoms with Gasteiger partial charge in [-0.25, -0.2) is 4.79 Å². The molecule has 1 aromatic carbocycles. The van der Waals surface area contributed by atoms with Gasteiger partial charge in [0.1, 0.15) is 23.6 Å². The molecule has 5 nitrogen and oxygen atoms in total. The number of aromatic carboxylic acids is 1. The van der Waals surface area contributed by atoms with Crippen LogP contribution in [0.1, 0.15) is 48.1 Å². The fraction of sp³-hybridized carbons (Fsp3) is 0.375. The Balaban J connectivity index is 2.18. The molecular weight excluding hydrogens is 348 g/mol. The van der Waals surface area contributed by atoms with Crippen molar-refractivity contribution in [3.8, 4) is 5.75 Å². The number of nitrogens with one attached hydrogen (secondary N) is 1. The summed E-state index contributed by atoms with van der Waals surface area (Å²) >= 11 is 3.50. The fourth-order valence-electron chi connectivity index (χ4n) is 2.10. The molecule has 0 amide bonds. The summed E-state index contributed by atoms with van der Waals surface area (Å²) in [6.07, 6.45) is 0. The number of carboxylic acids is 1. The maximum Gasteiger partial charge on any atom is 0.339 e. The van der Waals surface area contributed by atoms with E-state index in [2.05, 4.69) is 46.9 Å². The number of benzene rings is 1. The molecule has 0 aliphatic heterocycles. The summed E-state index contributed by atoms with van der Waals surface area (Å²) in [6.45, 7) is 8.19. The normalized spacial score (nSPS) is 11.5. The number of carbonyl (C=O) groups is 1. The van der Waals surface area contributed by atoms with Crippen LogP contribution in [0.2, 0.25) is 0 Å². The Morgan fingerprint density at radius 3 is 2.64 bits per heavy atom. The average molecular weight is 367 g/mol. The minimum atomic E-state index is -1.01. The van der Waals surface area contributed by atoms with E-state index in [-0.39, 0.29) is 17.6 Å². The third kappa shape index (κ3) is 3.50. The van der Waals surface area contributed by atoms with E-state index in [1.807, 2.05) is 18.2 Å². The van der Waals surface area contributed by atoms with Crippen molar-refractivity contribution in [3.05, 3.63) is 45.2 Å². The first kappa shape index (κ1) is 16.5. The van der Waals surface area contributed by atoms with E-state index < -0.39 is 5.97 Å². The van der Waals surface area contributed by atoms with Crippen LogP contribution in [0.15, 0.2) is 22.7 Å². The van der Waals surface area contributed by atoms with Crippen molar-refractivity contribution in [2.24, 2.45) is 0 Å². The Bertz CT molecular complexity index is 702. The number of rotatable bonds is 4. The molecule has 0 saturated carbocycles. The van der Waals surface area contributed by atoms with E-state index in [1.54, 1.807) is 6.92 Å². The van der Waals surface area contributed by atoms with Crippen molar-refractivity contribution in [2.75, 3.05) is 0 Å². The molecule has 2 N–H and O–H groups in total. The fourth-order valence-corrected chi connectivity index (χ4v) is 2.59. The Morgan fingerprint density at radius 2 is 2.09 bits per heavy atom. The molecule has 2 aromatic rings.